The molecule has 0 saturated heterocycles. The summed E-state index contributed by atoms with van der Waals surface area (Å²) in [5, 5.41) is 6.53. The van der Waals surface area contributed by atoms with Gasteiger partial charge in [0.05, 0.1) is 17.9 Å². The molecule has 8 heteroatoms. The Balaban J connectivity index is 3.18. The highest BCUT2D eigenvalue weighted by molar-refractivity contribution is 6.01. The summed E-state index contributed by atoms with van der Waals surface area (Å²) in [6.45, 7) is 2.44. The van der Waals surface area contributed by atoms with Crippen molar-refractivity contribution in [2.45, 2.75) is 25.9 Å². The van der Waals surface area contributed by atoms with Gasteiger partial charge in [-0.15, -0.1) is 0 Å². The number of anilines is 1. The fraction of sp³-hybridized carbons (Fsp3) is 0.467. The molecule has 1 aromatic rings. The molecule has 0 aliphatic rings. The van der Waals surface area contributed by atoms with E-state index in [4.69, 9.17) is 4.74 Å². The van der Waals surface area contributed by atoms with E-state index >= 15 is 0 Å². The van der Waals surface area contributed by atoms with Crippen LogP contribution in [0.1, 0.15) is 30.9 Å². The summed E-state index contributed by atoms with van der Waals surface area (Å²) in [6.07, 6.45) is -2.98. The zero-order chi connectivity index (χ0) is 17.3. The van der Waals surface area contributed by atoms with Crippen LogP contribution < -0.4 is 10.7 Å². The summed E-state index contributed by atoms with van der Waals surface area (Å²) in [5.41, 5.74) is 2.07. The lowest BCUT2D eigenvalue weighted by atomic mass is 10.0. The van der Waals surface area contributed by atoms with Crippen molar-refractivity contribution in [1.29, 1.82) is 0 Å². The van der Waals surface area contributed by atoms with Crippen LogP contribution in [0.5, 0.6) is 0 Å². The molecule has 5 nitrogen and oxygen atoms in total. The SMILES string of the molecule is CCC/C(=N\NC=O)c1ccc(NCCOC)c(C(F)(F)F)c1. The number of halogens is 3. The number of alkyl halides is 3. The number of rotatable bonds is 9. The van der Waals surface area contributed by atoms with Crippen molar-refractivity contribution in [2.24, 2.45) is 5.10 Å². The number of hydrogen-bond donors (Lipinski definition) is 2. The number of nitrogens with one attached hydrogen (secondary N) is 2. The Kier molecular flexibility index (Phi) is 7.53. The third-order valence-electron chi connectivity index (χ3n) is 3.02. The quantitative estimate of drug-likeness (QED) is 0.316. The monoisotopic (exact) mass is 331 g/mol. The lowest BCUT2D eigenvalue weighted by Crippen LogP contribution is -2.16. The predicted molar refractivity (Wildman–Crippen MR) is 82.5 cm³/mol. The Labute approximate surface area is 132 Å². The molecular formula is C15H20F3N3O2. The van der Waals surface area contributed by atoms with Crippen LogP contribution in [0.4, 0.5) is 18.9 Å². The van der Waals surface area contributed by atoms with Gasteiger partial charge in [-0.3, -0.25) is 4.79 Å². The maximum absolute atomic E-state index is 13.3. The number of hydrazone groups is 1. The maximum atomic E-state index is 13.3. The fourth-order valence-electron chi connectivity index (χ4n) is 2.01. The van der Waals surface area contributed by atoms with Crippen molar-refractivity contribution in [3.8, 4) is 0 Å². The van der Waals surface area contributed by atoms with Crippen LogP contribution in [-0.2, 0) is 15.7 Å². The summed E-state index contributed by atoms with van der Waals surface area (Å²) >= 11 is 0. The van der Waals surface area contributed by atoms with Crippen molar-refractivity contribution >= 4 is 17.8 Å². The van der Waals surface area contributed by atoms with Gasteiger partial charge in [0.15, 0.2) is 0 Å². The predicted octanol–water partition coefficient (Wildman–Crippen LogP) is 3.01. The van der Waals surface area contributed by atoms with E-state index in [1.165, 1.54) is 13.2 Å². The number of benzene rings is 1. The van der Waals surface area contributed by atoms with Gasteiger partial charge in [0.2, 0.25) is 6.41 Å². The Morgan fingerprint density at radius 2 is 2.13 bits per heavy atom. The minimum Gasteiger partial charge on any atom is -0.383 e. The van der Waals surface area contributed by atoms with E-state index in [2.05, 4.69) is 15.8 Å². The molecule has 0 unspecified atom stereocenters. The molecule has 0 heterocycles. The minimum absolute atomic E-state index is 0.0162. The Bertz CT molecular complexity index is 545. The summed E-state index contributed by atoms with van der Waals surface area (Å²) in [4.78, 5) is 10.4. The number of nitrogens with zero attached hydrogens (tertiary/aromatic N) is 1. The largest absolute Gasteiger partial charge is 0.418 e. The fourth-order valence-corrected chi connectivity index (χ4v) is 2.01. The van der Waals surface area contributed by atoms with Gasteiger partial charge in [-0.05, 0) is 24.1 Å². The van der Waals surface area contributed by atoms with Gasteiger partial charge in [0.1, 0.15) is 0 Å². The minimum atomic E-state index is -4.50. The number of carbonyl (C=O) groups is 1. The highest BCUT2D eigenvalue weighted by Gasteiger charge is 2.34. The molecule has 1 amide bonds. The molecule has 0 fully saturated rings. The lowest BCUT2D eigenvalue weighted by Gasteiger charge is -2.16. The molecule has 23 heavy (non-hydrogen) atoms. The molecule has 0 saturated carbocycles. The molecule has 1 rings (SSSR count). The van der Waals surface area contributed by atoms with E-state index < -0.39 is 11.7 Å². The Morgan fingerprint density at radius 1 is 1.39 bits per heavy atom. The van der Waals surface area contributed by atoms with Crippen LogP contribution in [-0.4, -0.2) is 32.4 Å². The van der Waals surface area contributed by atoms with Crippen LogP contribution in [0.15, 0.2) is 23.3 Å². The van der Waals surface area contributed by atoms with Crippen molar-refractivity contribution in [1.82, 2.24) is 5.43 Å². The molecular weight excluding hydrogens is 311 g/mol. The average molecular weight is 331 g/mol. The molecule has 0 radical (unpaired) electrons. The average Bonchev–Trinajstić information content (AvgIpc) is 2.51. The maximum Gasteiger partial charge on any atom is 0.418 e. The zero-order valence-electron chi connectivity index (χ0n) is 13.0. The smallest absolute Gasteiger partial charge is 0.383 e. The van der Waals surface area contributed by atoms with Crippen LogP contribution >= 0.6 is 0 Å². The van der Waals surface area contributed by atoms with E-state index in [9.17, 15) is 18.0 Å². The van der Waals surface area contributed by atoms with Gasteiger partial charge in [0, 0.05) is 19.3 Å². The first-order chi connectivity index (χ1) is 10.9. The number of carbonyl (C=O) groups excluding carboxylic acids is 1. The molecule has 2 N–H and O–H groups in total. The van der Waals surface area contributed by atoms with Crippen LogP contribution in [0.2, 0.25) is 0 Å². The van der Waals surface area contributed by atoms with Crippen LogP contribution in [0, 0.1) is 0 Å². The van der Waals surface area contributed by atoms with Crippen molar-refractivity contribution < 1.29 is 22.7 Å². The molecule has 0 spiro atoms. The third kappa shape index (κ3) is 5.90. The van der Waals surface area contributed by atoms with Gasteiger partial charge >= 0.3 is 6.18 Å². The molecule has 0 aliphatic carbocycles. The normalized spacial score (nSPS) is 12.1. The van der Waals surface area contributed by atoms with Crippen molar-refractivity contribution in [2.75, 3.05) is 25.6 Å². The van der Waals surface area contributed by atoms with Gasteiger partial charge in [0.25, 0.3) is 0 Å². The first-order valence-electron chi connectivity index (χ1n) is 7.14. The first-order valence-corrected chi connectivity index (χ1v) is 7.14. The highest BCUT2D eigenvalue weighted by atomic mass is 19.4. The standard InChI is InChI=1S/C15H20F3N3O2/c1-3-4-13(21-20-10-22)11-5-6-14(19-7-8-23-2)12(9-11)15(16,17)18/h5-6,9-10,19H,3-4,7-8H2,1-2H3,(H,20,22)/b21-13+. The molecule has 128 valence electrons. The molecule has 1 aromatic carbocycles. The van der Waals surface area contributed by atoms with Crippen molar-refractivity contribution in [3.05, 3.63) is 29.3 Å². The molecule has 0 bridgehead atoms. The molecule has 0 atom stereocenters. The second-order valence-corrected chi connectivity index (χ2v) is 4.73. The lowest BCUT2D eigenvalue weighted by molar-refractivity contribution is -0.137. The summed E-state index contributed by atoms with van der Waals surface area (Å²) in [5.74, 6) is 0. The van der Waals surface area contributed by atoms with E-state index in [1.54, 1.807) is 6.07 Å². The second kappa shape index (κ2) is 9.14. The molecule has 0 aliphatic heterocycles. The van der Waals surface area contributed by atoms with E-state index in [0.29, 0.717) is 37.1 Å². The number of methoxy groups -OCH3 is 1. The van der Waals surface area contributed by atoms with E-state index in [0.717, 1.165) is 6.07 Å². The van der Waals surface area contributed by atoms with E-state index in [-0.39, 0.29) is 12.2 Å². The molecule has 0 aromatic heterocycles. The van der Waals surface area contributed by atoms with Gasteiger partial charge in [-0.2, -0.15) is 18.3 Å². The van der Waals surface area contributed by atoms with Crippen LogP contribution in [0.25, 0.3) is 0 Å². The Hall–Kier alpha value is -2.09. The second-order valence-electron chi connectivity index (χ2n) is 4.73. The zero-order valence-corrected chi connectivity index (χ0v) is 13.0. The van der Waals surface area contributed by atoms with Gasteiger partial charge in [-0.25, -0.2) is 5.43 Å². The van der Waals surface area contributed by atoms with Gasteiger partial charge < -0.3 is 10.1 Å². The first kappa shape index (κ1) is 19.0. The topological polar surface area (TPSA) is 62.7 Å². The number of hydrogen-bond acceptors (Lipinski definition) is 4. The van der Waals surface area contributed by atoms with Crippen molar-refractivity contribution in [3.63, 3.8) is 0 Å². The summed E-state index contributed by atoms with van der Waals surface area (Å²) in [7, 11) is 1.48. The highest BCUT2D eigenvalue weighted by Crippen LogP contribution is 2.35. The Morgan fingerprint density at radius 3 is 2.70 bits per heavy atom. The number of amides is 1. The van der Waals surface area contributed by atoms with Crippen LogP contribution in [0.3, 0.4) is 0 Å². The third-order valence-corrected chi connectivity index (χ3v) is 3.02. The van der Waals surface area contributed by atoms with Gasteiger partial charge in [-0.1, -0.05) is 19.4 Å². The number of ether oxygens (including phenoxy) is 1. The van der Waals surface area contributed by atoms with E-state index in [1.807, 2.05) is 6.92 Å². The summed E-state index contributed by atoms with van der Waals surface area (Å²) < 4.78 is 44.6. The summed E-state index contributed by atoms with van der Waals surface area (Å²) in [6, 6.07) is 3.95.